The van der Waals surface area contributed by atoms with E-state index in [-0.39, 0.29) is 0 Å². The first kappa shape index (κ1) is 13.7. The molecule has 0 bridgehead atoms. The van der Waals surface area contributed by atoms with Gasteiger partial charge in [-0.15, -0.1) is 0 Å². The van der Waals surface area contributed by atoms with Crippen LogP contribution >= 0.6 is 24.2 Å². The molecule has 1 atom stereocenters. The molecule has 0 fully saturated rings. The predicted octanol–water partition coefficient (Wildman–Crippen LogP) is 4.37. The molecule has 90 valence electrons. The van der Waals surface area contributed by atoms with Gasteiger partial charge in [0.05, 0.1) is 6.61 Å². The van der Waals surface area contributed by atoms with Gasteiger partial charge >= 0.3 is 0 Å². The first-order valence-corrected chi connectivity index (χ1v) is 6.68. The molecule has 0 spiro atoms. The van der Waals surface area contributed by atoms with Crippen molar-refractivity contribution in [1.29, 1.82) is 0 Å². The topological polar surface area (TPSA) is 9.23 Å². The van der Waals surface area contributed by atoms with Crippen LogP contribution in [0.5, 0.6) is 5.75 Å². The third-order valence-corrected chi connectivity index (χ3v) is 3.51. The lowest BCUT2D eigenvalue weighted by molar-refractivity contribution is 0.254. The van der Waals surface area contributed by atoms with E-state index in [0.717, 1.165) is 35.1 Å². The van der Waals surface area contributed by atoms with E-state index in [1.54, 1.807) is 0 Å². The summed E-state index contributed by atoms with van der Waals surface area (Å²) < 4.78 is 5.74. The quantitative estimate of drug-likeness (QED) is 0.746. The van der Waals surface area contributed by atoms with Crippen LogP contribution in [0.15, 0.2) is 18.2 Å². The number of halogens is 1. The molecule has 1 rings (SSSR count). The fourth-order valence-corrected chi connectivity index (χ4v) is 1.96. The Hall–Kier alpha value is -0.340. The molecule has 1 aromatic carbocycles. The van der Waals surface area contributed by atoms with E-state index in [4.69, 9.17) is 16.3 Å². The molecule has 1 nitrogen and oxygen atoms in total. The van der Waals surface area contributed by atoms with E-state index < -0.39 is 0 Å². The SMILES string of the molecule is CCCC(CS)COc1ccc(Cl)c(C)c1. The van der Waals surface area contributed by atoms with Gasteiger partial charge in [-0.1, -0.05) is 24.9 Å². The van der Waals surface area contributed by atoms with Crippen molar-refractivity contribution in [2.45, 2.75) is 26.7 Å². The lowest BCUT2D eigenvalue weighted by atomic mass is 10.1. The Morgan fingerprint density at radius 2 is 2.19 bits per heavy atom. The van der Waals surface area contributed by atoms with Crippen LogP contribution in [0, 0.1) is 12.8 Å². The normalized spacial score (nSPS) is 12.5. The second kappa shape index (κ2) is 7.08. The lowest BCUT2D eigenvalue weighted by Gasteiger charge is -2.15. The van der Waals surface area contributed by atoms with Crippen LogP contribution in [0.2, 0.25) is 5.02 Å². The van der Waals surface area contributed by atoms with Crippen molar-refractivity contribution in [2.75, 3.05) is 12.4 Å². The maximum absolute atomic E-state index is 5.95. The standard InChI is InChI=1S/C13H19ClOS/c1-3-4-11(9-16)8-15-12-5-6-13(14)10(2)7-12/h5-7,11,16H,3-4,8-9H2,1-2H3. The number of hydrogen-bond acceptors (Lipinski definition) is 2. The zero-order valence-corrected chi connectivity index (χ0v) is 11.5. The van der Waals surface area contributed by atoms with Crippen molar-refractivity contribution in [2.24, 2.45) is 5.92 Å². The van der Waals surface area contributed by atoms with Crippen LogP contribution in [-0.4, -0.2) is 12.4 Å². The Labute approximate surface area is 109 Å². The highest BCUT2D eigenvalue weighted by atomic mass is 35.5. The number of ether oxygens (including phenoxy) is 1. The van der Waals surface area contributed by atoms with Crippen molar-refractivity contribution in [3.05, 3.63) is 28.8 Å². The Morgan fingerprint density at radius 1 is 1.44 bits per heavy atom. The fourth-order valence-electron chi connectivity index (χ4n) is 1.56. The smallest absolute Gasteiger partial charge is 0.119 e. The molecular weight excluding hydrogens is 240 g/mol. The second-order valence-electron chi connectivity index (χ2n) is 4.06. The van der Waals surface area contributed by atoms with Gasteiger partial charge in [0.25, 0.3) is 0 Å². The highest BCUT2D eigenvalue weighted by Gasteiger charge is 2.07. The van der Waals surface area contributed by atoms with Crippen LogP contribution < -0.4 is 4.74 Å². The number of hydrogen-bond donors (Lipinski definition) is 1. The van der Waals surface area contributed by atoms with Gasteiger partial charge in [-0.2, -0.15) is 12.6 Å². The minimum absolute atomic E-state index is 0.532. The molecule has 0 aliphatic rings. The summed E-state index contributed by atoms with van der Waals surface area (Å²) in [6.07, 6.45) is 2.34. The van der Waals surface area contributed by atoms with Crippen molar-refractivity contribution in [3.8, 4) is 5.75 Å². The second-order valence-corrected chi connectivity index (χ2v) is 4.83. The van der Waals surface area contributed by atoms with Crippen molar-refractivity contribution >= 4 is 24.2 Å². The summed E-state index contributed by atoms with van der Waals surface area (Å²) in [5.74, 6) is 2.30. The van der Waals surface area contributed by atoms with Crippen LogP contribution in [0.3, 0.4) is 0 Å². The molecule has 1 aromatic rings. The summed E-state index contributed by atoms with van der Waals surface area (Å²) in [5.41, 5.74) is 1.05. The first-order valence-electron chi connectivity index (χ1n) is 5.67. The number of benzene rings is 1. The largest absolute Gasteiger partial charge is 0.493 e. The van der Waals surface area contributed by atoms with E-state index in [1.807, 2.05) is 25.1 Å². The highest BCUT2D eigenvalue weighted by Crippen LogP contribution is 2.22. The molecule has 0 radical (unpaired) electrons. The third kappa shape index (κ3) is 4.26. The summed E-state index contributed by atoms with van der Waals surface area (Å²) >= 11 is 10.3. The summed E-state index contributed by atoms with van der Waals surface area (Å²) in [7, 11) is 0. The predicted molar refractivity (Wildman–Crippen MR) is 73.9 cm³/mol. The van der Waals surface area contributed by atoms with Crippen molar-refractivity contribution < 1.29 is 4.74 Å². The molecule has 0 aliphatic carbocycles. The molecule has 0 saturated carbocycles. The molecule has 0 amide bonds. The van der Waals surface area contributed by atoms with Gasteiger partial charge in [-0.3, -0.25) is 0 Å². The molecule has 0 saturated heterocycles. The molecule has 0 aromatic heterocycles. The van der Waals surface area contributed by atoms with Gasteiger partial charge in [0.15, 0.2) is 0 Å². The summed E-state index contributed by atoms with van der Waals surface area (Å²) in [5, 5.41) is 0.784. The minimum Gasteiger partial charge on any atom is -0.493 e. The molecule has 1 unspecified atom stereocenters. The van der Waals surface area contributed by atoms with Crippen LogP contribution in [0.4, 0.5) is 0 Å². The van der Waals surface area contributed by atoms with Crippen LogP contribution in [0.25, 0.3) is 0 Å². The Kier molecular flexibility index (Phi) is 6.07. The monoisotopic (exact) mass is 258 g/mol. The number of aryl methyl sites for hydroxylation is 1. The van der Waals surface area contributed by atoms with Gasteiger partial charge in [0.1, 0.15) is 5.75 Å². The molecule has 0 heterocycles. The van der Waals surface area contributed by atoms with E-state index in [9.17, 15) is 0 Å². The zero-order chi connectivity index (χ0) is 12.0. The number of thiol groups is 1. The zero-order valence-electron chi connectivity index (χ0n) is 9.87. The number of rotatable bonds is 6. The van der Waals surface area contributed by atoms with Gasteiger partial charge in [0.2, 0.25) is 0 Å². The first-order chi connectivity index (χ1) is 7.67. The minimum atomic E-state index is 0.532. The van der Waals surface area contributed by atoms with Gasteiger partial charge in [0, 0.05) is 10.9 Å². The van der Waals surface area contributed by atoms with E-state index in [2.05, 4.69) is 19.6 Å². The summed E-state index contributed by atoms with van der Waals surface area (Å²) in [6.45, 7) is 4.90. The van der Waals surface area contributed by atoms with Gasteiger partial charge < -0.3 is 4.74 Å². The maximum Gasteiger partial charge on any atom is 0.119 e. The summed E-state index contributed by atoms with van der Waals surface area (Å²) in [4.78, 5) is 0. The molecule has 16 heavy (non-hydrogen) atoms. The van der Waals surface area contributed by atoms with Crippen LogP contribution in [-0.2, 0) is 0 Å². The molecule has 0 aliphatic heterocycles. The molecule has 3 heteroatoms. The average Bonchev–Trinajstić information content (AvgIpc) is 2.28. The average molecular weight is 259 g/mol. The van der Waals surface area contributed by atoms with Crippen LogP contribution in [0.1, 0.15) is 25.3 Å². The van der Waals surface area contributed by atoms with E-state index in [0.29, 0.717) is 5.92 Å². The van der Waals surface area contributed by atoms with Crippen molar-refractivity contribution in [1.82, 2.24) is 0 Å². The van der Waals surface area contributed by atoms with E-state index >= 15 is 0 Å². The van der Waals surface area contributed by atoms with Crippen molar-refractivity contribution in [3.63, 3.8) is 0 Å². The third-order valence-electron chi connectivity index (χ3n) is 2.57. The highest BCUT2D eigenvalue weighted by molar-refractivity contribution is 7.80. The van der Waals surface area contributed by atoms with Gasteiger partial charge in [-0.25, -0.2) is 0 Å². The Balaban J connectivity index is 2.50. The lowest BCUT2D eigenvalue weighted by Crippen LogP contribution is -2.13. The fraction of sp³-hybridized carbons (Fsp3) is 0.538. The van der Waals surface area contributed by atoms with E-state index in [1.165, 1.54) is 6.42 Å². The maximum atomic E-state index is 5.95. The Morgan fingerprint density at radius 3 is 2.75 bits per heavy atom. The Bertz CT molecular complexity index is 328. The summed E-state index contributed by atoms with van der Waals surface area (Å²) in [6, 6.07) is 5.77. The van der Waals surface area contributed by atoms with Gasteiger partial charge in [-0.05, 0) is 42.9 Å². The molecular formula is C13H19ClOS. The molecule has 0 N–H and O–H groups in total.